The molecule has 0 bridgehead atoms. The molecule has 7 heteroatoms. The van der Waals surface area contributed by atoms with Crippen molar-refractivity contribution in [2.45, 2.75) is 25.5 Å². The lowest BCUT2D eigenvalue weighted by Crippen LogP contribution is -2.29. The summed E-state index contributed by atoms with van der Waals surface area (Å²) in [7, 11) is 0. The molecular weight excluding hydrogens is 348 g/mol. The number of amides is 2. The fourth-order valence-electron chi connectivity index (χ4n) is 3.12. The second-order valence-electron chi connectivity index (χ2n) is 6.41. The molecule has 0 aromatic heterocycles. The smallest absolute Gasteiger partial charge is 0.253 e. The van der Waals surface area contributed by atoms with Gasteiger partial charge in [-0.15, -0.1) is 0 Å². The van der Waals surface area contributed by atoms with Gasteiger partial charge in [0.05, 0.1) is 11.3 Å². The maximum atomic E-state index is 12.6. The summed E-state index contributed by atoms with van der Waals surface area (Å²) in [5, 5.41) is 5.68. The largest absolute Gasteiger partial charge is 0.454 e. The molecule has 1 atom stereocenters. The summed E-state index contributed by atoms with van der Waals surface area (Å²) in [5.74, 6) is 0.887. The van der Waals surface area contributed by atoms with Crippen molar-refractivity contribution in [3.05, 3.63) is 53.6 Å². The number of nitrogens with one attached hydrogen (secondary N) is 2. The number of hydrogen-bond donors (Lipinski definition) is 2. The molecule has 140 valence electrons. The van der Waals surface area contributed by atoms with Crippen LogP contribution in [0.1, 0.15) is 28.8 Å². The zero-order chi connectivity index (χ0) is 18.6. The van der Waals surface area contributed by atoms with E-state index in [1.807, 2.05) is 18.2 Å². The molecule has 0 radical (unpaired) electrons. The summed E-state index contributed by atoms with van der Waals surface area (Å²) in [5.41, 5.74) is 1.78. The van der Waals surface area contributed by atoms with E-state index in [0.717, 1.165) is 12.0 Å². The minimum Gasteiger partial charge on any atom is -0.454 e. The number of rotatable bonds is 5. The Morgan fingerprint density at radius 1 is 1.07 bits per heavy atom. The van der Waals surface area contributed by atoms with Gasteiger partial charge in [-0.25, -0.2) is 0 Å². The van der Waals surface area contributed by atoms with Gasteiger partial charge in [0.15, 0.2) is 11.5 Å². The molecule has 2 heterocycles. The zero-order valence-electron chi connectivity index (χ0n) is 14.7. The standard InChI is InChI=1S/C20H20N2O5/c23-19(21-11-13-7-8-16-18(10-13)27-12-26-16)14-4-1-2-5-15(14)22-20(24)17-6-3-9-25-17/h1-2,4-5,7-8,10,17H,3,6,9,11-12H2,(H,21,23)(H,22,24)/t17-/m0/s1. The summed E-state index contributed by atoms with van der Waals surface area (Å²) in [6.07, 6.45) is 1.12. The van der Waals surface area contributed by atoms with Crippen LogP contribution in [0.25, 0.3) is 0 Å². The van der Waals surface area contributed by atoms with Gasteiger partial charge in [0.25, 0.3) is 11.8 Å². The van der Waals surface area contributed by atoms with E-state index in [2.05, 4.69) is 10.6 Å². The lowest BCUT2D eigenvalue weighted by Gasteiger charge is -2.14. The Morgan fingerprint density at radius 3 is 2.78 bits per heavy atom. The van der Waals surface area contributed by atoms with Gasteiger partial charge in [-0.2, -0.15) is 0 Å². The summed E-state index contributed by atoms with van der Waals surface area (Å²) < 4.78 is 16.0. The number of ether oxygens (including phenoxy) is 3. The topological polar surface area (TPSA) is 85.9 Å². The molecule has 2 aliphatic heterocycles. The van der Waals surface area contributed by atoms with Crippen LogP contribution in [0.5, 0.6) is 11.5 Å². The highest BCUT2D eigenvalue weighted by Crippen LogP contribution is 2.32. The maximum Gasteiger partial charge on any atom is 0.253 e. The van der Waals surface area contributed by atoms with Crippen molar-refractivity contribution in [3.8, 4) is 11.5 Å². The predicted octanol–water partition coefficient (Wildman–Crippen LogP) is 2.46. The molecule has 0 spiro atoms. The van der Waals surface area contributed by atoms with Crippen LogP contribution in [0.2, 0.25) is 0 Å². The SMILES string of the molecule is O=C(NCc1ccc2c(c1)OCO2)c1ccccc1NC(=O)[C@@H]1CCCO1. The van der Waals surface area contributed by atoms with Crippen LogP contribution in [0.4, 0.5) is 5.69 Å². The van der Waals surface area contributed by atoms with Crippen molar-refractivity contribution in [1.29, 1.82) is 0 Å². The van der Waals surface area contributed by atoms with E-state index in [9.17, 15) is 9.59 Å². The molecule has 2 N–H and O–H groups in total. The molecule has 1 saturated heterocycles. The van der Waals surface area contributed by atoms with E-state index in [1.54, 1.807) is 24.3 Å². The predicted molar refractivity (Wildman–Crippen MR) is 97.8 cm³/mol. The molecular formula is C20H20N2O5. The first-order valence-electron chi connectivity index (χ1n) is 8.89. The highest BCUT2D eigenvalue weighted by Gasteiger charge is 2.24. The molecule has 0 saturated carbocycles. The van der Waals surface area contributed by atoms with Crippen molar-refractivity contribution in [1.82, 2.24) is 5.32 Å². The number of carbonyl (C=O) groups is 2. The second-order valence-corrected chi connectivity index (χ2v) is 6.41. The summed E-state index contributed by atoms with van der Waals surface area (Å²) in [4.78, 5) is 24.9. The van der Waals surface area contributed by atoms with Gasteiger partial charge < -0.3 is 24.8 Å². The third-order valence-corrected chi connectivity index (χ3v) is 4.54. The number of hydrogen-bond acceptors (Lipinski definition) is 5. The van der Waals surface area contributed by atoms with Crippen molar-refractivity contribution < 1.29 is 23.8 Å². The molecule has 27 heavy (non-hydrogen) atoms. The Morgan fingerprint density at radius 2 is 1.93 bits per heavy atom. The first-order chi connectivity index (χ1) is 13.2. The Hall–Kier alpha value is -3.06. The third-order valence-electron chi connectivity index (χ3n) is 4.54. The second kappa shape index (κ2) is 7.67. The number of anilines is 1. The van der Waals surface area contributed by atoms with Crippen LogP contribution in [0.15, 0.2) is 42.5 Å². The van der Waals surface area contributed by atoms with Crippen LogP contribution in [-0.2, 0) is 16.1 Å². The molecule has 0 aliphatic carbocycles. The highest BCUT2D eigenvalue weighted by atomic mass is 16.7. The number of fused-ring (bicyclic) bond motifs is 1. The lowest BCUT2D eigenvalue weighted by atomic mass is 10.1. The number of carbonyl (C=O) groups excluding carboxylic acids is 2. The maximum absolute atomic E-state index is 12.6. The number of benzene rings is 2. The average Bonchev–Trinajstić information content (AvgIpc) is 3.38. The summed E-state index contributed by atoms with van der Waals surface area (Å²) in [6.45, 7) is 1.14. The van der Waals surface area contributed by atoms with Crippen molar-refractivity contribution in [3.63, 3.8) is 0 Å². The van der Waals surface area contributed by atoms with Gasteiger partial charge in [-0.3, -0.25) is 9.59 Å². The Bertz CT molecular complexity index is 861. The van der Waals surface area contributed by atoms with E-state index >= 15 is 0 Å². The average molecular weight is 368 g/mol. The van der Waals surface area contributed by atoms with Crippen LogP contribution in [0, 0.1) is 0 Å². The monoisotopic (exact) mass is 368 g/mol. The fourth-order valence-corrected chi connectivity index (χ4v) is 3.12. The lowest BCUT2D eigenvalue weighted by molar-refractivity contribution is -0.124. The fraction of sp³-hybridized carbons (Fsp3) is 0.300. The van der Waals surface area contributed by atoms with Crippen LogP contribution in [-0.4, -0.2) is 31.3 Å². The van der Waals surface area contributed by atoms with E-state index in [-0.39, 0.29) is 18.6 Å². The Kier molecular flexibility index (Phi) is 4.93. The Balaban J connectivity index is 1.41. The van der Waals surface area contributed by atoms with Crippen LogP contribution in [0.3, 0.4) is 0 Å². The summed E-state index contributed by atoms with van der Waals surface area (Å²) >= 11 is 0. The normalized spacial score (nSPS) is 17.6. The summed E-state index contributed by atoms with van der Waals surface area (Å²) in [6, 6.07) is 12.5. The first-order valence-corrected chi connectivity index (χ1v) is 8.89. The van der Waals surface area contributed by atoms with Crippen LogP contribution < -0.4 is 20.1 Å². The Labute approximate surface area is 156 Å². The molecule has 2 amide bonds. The minimum atomic E-state index is -0.449. The zero-order valence-corrected chi connectivity index (χ0v) is 14.7. The van der Waals surface area contributed by atoms with Gasteiger partial charge in [0, 0.05) is 13.2 Å². The molecule has 0 unspecified atom stereocenters. The van der Waals surface area contributed by atoms with Gasteiger partial charge in [0.2, 0.25) is 6.79 Å². The van der Waals surface area contributed by atoms with Gasteiger partial charge in [-0.1, -0.05) is 18.2 Å². The van der Waals surface area contributed by atoms with E-state index in [4.69, 9.17) is 14.2 Å². The van der Waals surface area contributed by atoms with Gasteiger partial charge >= 0.3 is 0 Å². The van der Waals surface area contributed by atoms with Crippen molar-refractivity contribution in [2.24, 2.45) is 0 Å². The van der Waals surface area contributed by atoms with Crippen LogP contribution >= 0.6 is 0 Å². The van der Waals surface area contributed by atoms with E-state index in [1.165, 1.54) is 0 Å². The van der Waals surface area contributed by atoms with E-state index < -0.39 is 6.10 Å². The molecule has 7 nitrogen and oxygen atoms in total. The molecule has 4 rings (SSSR count). The minimum absolute atomic E-state index is 0.211. The molecule has 2 aromatic rings. The molecule has 2 aliphatic rings. The van der Waals surface area contributed by atoms with Crippen molar-refractivity contribution in [2.75, 3.05) is 18.7 Å². The molecule has 2 aromatic carbocycles. The number of para-hydroxylation sites is 1. The molecule has 1 fully saturated rings. The first kappa shape index (κ1) is 17.4. The van der Waals surface area contributed by atoms with E-state index in [0.29, 0.717) is 42.3 Å². The van der Waals surface area contributed by atoms with Gasteiger partial charge in [-0.05, 0) is 42.7 Å². The highest BCUT2D eigenvalue weighted by molar-refractivity contribution is 6.04. The quantitative estimate of drug-likeness (QED) is 0.847. The van der Waals surface area contributed by atoms with Crippen molar-refractivity contribution >= 4 is 17.5 Å². The third kappa shape index (κ3) is 3.88. The van der Waals surface area contributed by atoms with Gasteiger partial charge in [0.1, 0.15) is 6.10 Å².